The Balaban J connectivity index is 2.08. The van der Waals surface area contributed by atoms with Crippen molar-refractivity contribution < 1.29 is 4.79 Å². The van der Waals surface area contributed by atoms with Crippen LogP contribution in [-0.2, 0) is 6.42 Å². The van der Waals surface area contributed by atoms with Gasteiger partial charge < -0.3 is 0 Å². The Kier molecular flexibility index (Phi) is 8.81. The smallest absolute Gasteiger partial charge is 0.173 e. The fraction of sp³-hybridized carbons (Fsp3) is 0.706. The molecule has 0 aliphatic carbocycles. The molecule has 1 aromatic rings. The highest BCUT2D eigenvalue weighted by atomic mass is 32.1. The molecule has 2 heteroatoms. The molecule has 0 saturated heterocycles. The Bertz CT molecular complexity index is 354. The Labute approximate surface area is 122 Å². The zero-order valence-corrected chi connectivity index (χ0v) is 13.4. The van der Waals surface area contributed by atoms with Crippen LogP contribution in [0.15, 0.2) is 11.4 Å². The Morgan fingerprint density at radius 2 is 1.63 bits per heavy atom. The molecule has 0 radical (unpaired) electrons. The SMILES string of the molecule is CCCCCCCCCCC(=O)c1sccc1CC. The number of thiophene rings is 1. The lowest BCUT2D eigenvalue weighted by molar-refractivity contribution is 0.0982. The molecule has 0 spiro atoms. The van der Waals surface area contributed by atoms with Crippen molar-refractivity contribution in [1.82, 2.24) is 0 Å². The maximum atomic E-state index is 12.1. The molecule has 0 atom stereocenters. The average molecular weight is 280 g/mol. The van der Waals surface area contributed by atoms with Crippen molar-refractivity contribution >= 4 is 17.1 Å². The highest BCUT2D eigenvalue weighted by Crippen LogP contribution is 2.20. The van der Waals surface area contributed by atoms with Gasteiger partial charge in [0.15, 0.2) is 5.78 Å². The van der Waals surface area contributed by atoms with Crippen LogP contribution in [0.4, 0.5) is 0 Å². The van der Waals surface area contributed by atoms with E-state index < -0.39 is 0 Å². The highest BCUT2D eigenvalue weighted by Gasteiger charge is 2.11. The molecule has 0 aliphatic heterocycles. The summed E-state index contributed by atoms with van der Waals surface area (Å²) in [6.07, 6.45) is 12.1. The fourth-order valence-corrected chi connectivity index (χ4v) is 3.36. The zero-order chi connectivity index (χ0) is 13.9. The lowest BCUT2D eigenvalue weighted by Gasteiger charge is -2.02. The van der Waals surface area contributed by atoms with Crippen LogP contribution in [0.3, 0.4) is 0 Å². The molecule has 0 unspecified atom stereocenters. The Morgan fingerprint density at radius 3 is 2.26 bits per heavy atom. The van der Waals surface area contributed by atoms with E-state index >= 15 is 0 Å². The number of aryl methyl sites for hydroxylation is 1. The lowest BCUT2D eigenvalue weighted by Crippen LogP contribution is -1.99. The van der Waals surface area contributed by atoms with Crippen LogP contribution in [0, 0.1) is 0 Å². The summed E-state index contributed by atoms with van der Waals surface area (Å²) in [6, 6.07) is 2.09. The monoisotopic (exact) mass is 280 g/mol. The van der Waals surface area contributed by atoms with E-state index in [1.54, 1.807) is 11.3 Å². The summed E-state index contributed by atoms with van der Waals surface area (Å²) >= 11 is 1.61. The number of Topliss-reactive ketones (excluding diaryl/α,β-unsaturated/α-hetero) is 1. The van der Waals surface area contributed by atoms with E-state index in [2.05, 4.69) is 19.9 Å². The molecule has 0 N–H and O–H groups in total. The normalized spacial score (nSPS) is 10.8. The lowest BCUT2D eigenvalue weighted by atomic mass is 10.0. The minimum absolute atomic E-state index is 0.359. The molecule has 0 aromatic carbocycles. The van der Waals surface area contributed by atoms with E-state index in [1.165, 1.54) is 50.5 Å². The van der Waals surface area contributed by atoms with E-state index in [0.29, 0.717) is 5.78 Å². The largest absolute Gasteiger partial charge is 0.293 e. The van der Waals surface area contributed by atoms with Gasteiger partial charge in [0.05, 0.1) is 4.88 Å². The van der Waals surface area contributed by atoms with Gasteiger partial charge in [-0.2, -0.15) is 0 Å². The van der Waals surface area contributed by atoms with Crippen LogP contribution >= 0.6 is 11.3 Å². The van der Waals surface area contributed by atoms with E-state index in [1.807, 2.05) is 5.38 Å². The van der Waals surface area contributed by atoms with E-state index in [0.717, 1.165) is 24.1 Å². The second kappa shape index (κ2) is 10.2. The highest BCUT2D eigenvalue weighted by molar-refractivity contribution is 7.12. The average Bonchev–Trinajstić information content (AvgIpc) is 2.90. The number of hydrogen-bond acceptors (Lipinski definition) is 2. The summed E-state index contributed by atoms with van der Waals surface area (Å²) < 4.78 is 0. The molecule has 1 aromatic heterocycles. The maximum absolute atomic E-state index is 12.1. The third kappa shape index (κ3) is 6.38. The molecule has 0 bridgehead atoms. The molecule has 0 saturated carbocycles. The zero-order valence-electron chi connectivity index (χ0n) is 12.5. The van der Waals surface area contributed by atoms with Gasteiger partial charge in [-0.15, -0.1) is 11.3 Å². The van der Waals surface area contributed by atoms with E-state index in [9.17, 15) is 4.79 Å². The number of rotatable bonds is 11. The predicted molar refractivity (Wildman–Crippen MR) is 85.3 cm³/mol. The summed E-state index contributed by atoms with van der Waals surface area (Å²) in [4.78, 5) is 13.1. The van der Waals surface area contributed by atoms with Crippen LogP contribution < -0.4 is 0 Å². The maximum Gasteiger partial charge on any atom is 0.173 e. The van der Waals surface area contributed by atoms with Crippen LogP contribution in [0.25, 0.3) is 0 Å². The Hall–Kier alpha value is -0.630. The molecule has 1 rings (SSSR count). The minimum atomic E-state index is 0.359. The van der Waals surface area contributed by atoms with Gasteiger partial charge in [0.1, 0.15) is 0 Å². The van der Waals surface area contributed by atoms with Gasteiger partial charge >= 0.3 is 0 Å². The van der Waals surface area contributed by atoms with Crippen LogP contribution in [0.5, 0.6) is 0 Å². The van der Waals surface area contributed by atoms with Crippen molar-refractivity contribution in [1.29, 1.82) is 0 Å². The van der Waals surface area contributed by atoms with Gasteiger partial charge in [0, 0.05) is 6.42 Å². The quantitative estimate of drug-likeness (QED) is 0.357. The fourth-order valence-electron chi connectivity index (χ4n) is 2.39. The third-order valence-corrected chi connectivity index (χ3v) is 4.64. The standard InChI is InChI=1S/C17H28OS/c1-3-5-6-7-8-9-10-11-12-16(18)17-15(4-2)13-14-19-17/h13-14H,3-12H2,1-2H3. The number of hydrogen-bond donors (Lipinski definition) is 0. The van der Waals surface area contributed by atoms with E-state index in [-0.39, 0.29) is 0 Å². The first-order valence-corrected chi connectivity index (χ1v) is 8.77. The molecular formula is C17H28OS. The summed E-state index contributed by atoms with van der Waals surface area (Å²) in [5, 5.41) is 2.04. The number of ketones is 1. The molecular weight excluding hydrogens is 252 g/mol. The molecule has 108 valence electrons. The number of carbonyl (C=O) groups is 1. The molecule has 1 heterocycles. The van der Waals surface area contributed by atoms with Crippen molar-refractivity contribution in [2.24, 2.45) is 0 Å². The van der Waals surface area contributed by atoms with Gasteiger partial charge in [-0.05, 0) is 29.9 Å². The van der Waals surface area contributed by atoms with Crippen molar-refractivity contribution in [3.05, 3.63) is 21.9 Å². The van der Waals surface area contributed by atoms with Gasteiger partial charge in [0.2, 0.25) is 0 Å². The molecule has 0 amide bonds. The summed E-state index contributed by atoms with van der Waals surface area (Å²) in [7, 11) is 0. The van der Waals surface area contributed by atoms with Crippen molar-refractivity contribution in [2.75, 3.05) is 0 Å². The molecule has 0 fully saturated rings. The summed E-state index contributed by atoms with van der Waals surface area (Å²) in [5.74, 6) is 0.359. The Morgan fingerprint density at radius 1 is 1.00 bits per heavy atom. The minimum Gasteiger partial charge on any atom is -0.293 e. The predicted octanol–water partition coefficient (Wildman–Crippen LogP) is 6.02. The molecule has 1 nitrogen and oxygen atoms in total. The van der Waals surface area contributed by atoms with Gasteiger partial charge in [-0.25, -0.2) is 0 Å². The molecule has 0 aliphatic rings. The van der Waals surface area contributed by atoms with Crippen molar-refractivity contribution in [3.8, 4) is 0 Å². The van der Waals surface area contributed by atoms with Gasteiger partial charge in [0.25, 0.3) is 0 Å². The molecule has 19 heavy (non-hydrogen) atoms. The first-order valence-electron chi connectivity index (χ1n) is 7.89. The second-order valence-corrected chi connectivity index (χ2v) is 6.19. The van der Waals surface area contributed by atoms with Gasteiger partial charge in [-0.1, -0.05) is 58.8 Å². The third-order valence-electron chi connectivity index (χ3n) is 3.64. The van der Waals surface area contributed by atoms with Gasteiger partial charge in [-0.3, -0.25) is 4.79 Å². The number of unbranched alkanes of at least 4 members (excludes halogenated alkanes) is 7. The van der Waals surface area contributed by atoms with Crippen LogP contribution in [0.2, 0.25) is 0 Å². The number of carbonyl (C=O) groups excluding carboxylic acids is 1. The summed E-state index contributed by atoms with van der Waals surface area (Å²) in [6.45, 7) is 4.37. The second-order valence-electron chi connectivity index (χ2n) is 5.28. The summed E-state index contributed by atoms with van der Waals surface area (Å²) in [5.41, 5.74) is 1.23. The first-order chi connectivity index (χ1) is 9.29. The van der Waals surface area contributed by atoms with Crippen molar-refractivity contribution in [2.45, 2.75) is 78.1 Å². The van der Waals surface area contributed by atoms with E-state index in [4.69, 9.17) is 0 Å². The van der Waals surface area contributed by atoms with Crippen molar-refractivity contribution in [3.63, 3.8) is 0 Å². The van der Waals surface area contributed by atoms with Crippen LogP contribution in [-0.4, -0.2) is 5.78 Å². The topological polar surface area (TPSA) is 17.1 Å². The van der Waals surface area contributed by atoms with Crippen LogP contribution in [0.1, 0.15) is 86.9 Å². The first kappa shape index (κ1) is 16.4.